The maximum Gasteiger partial charge on any atom is 0.435 e. The second-order valence-corrected chi connectivity index (χ2v) is 3.27. The normalized spacial score (nSPS) is 9.20. The number of hydrogen-bond acceptors (Lipinski definition) is 3. The van der Waals surface area contributed by atoms with Crippen LogP contribution in [0.2, 0.25) is 0 Å². The van der Waals surface area contributed by atoms with E-state index in [1.54, 1.807) is 13.0 Å². The van der Waals surface area contributed by atoms with E-state index in [-0.39, 0.29) is 0 Å². The van der Waals surface area contributed by atoms with Crippen molar-refractivity contribution in [3.05, 3.63) is 42.1 Å². The number of nitrogens with one attached hydrogen (secondary N) is 2. The lowest BCUT2D eigenvalue weighted by molar-refractivity contribution is 0.120. The van der Waals surface area contributed by atoms with Gasteiger partial charge < -0.3 is 4.84 Å². The molecule has 0 heterocycles. The average molecular weight is 206 g/mol. The van der Waals surface area contributed by atoms with Gasteiger partial charge in [0, 0.05) is 11.4 Å². The number of carbonyl (C=O) groups is 1. The molecular formula is C11H14N2O2. The van der Waals surface area contributed by atoms with Crippen LogP contribution in [0.5, 0.6) is 0 Å². The Balaban J connectivity index is 2.48. The molecule has 0 aromatic heterocycles. The fourth-order valence-corrected chi connectivity index (χ4v) is 1.000. The highest BCUT2D eigenvalue weighted by molar-refractivity contribution is 5.84. The second-order valence-electron chi connectivity index (χ2n) is 3.27. The molecule has 0 spiro atoms. The van der Waals surface area contributed by atoms with Crippen molar-refractivity contribution in [2.75, 3.05) is 5.32 Å². The molecule has 4 nitrogen and oxygen atoms in total. The predicted molar refractivity (Wildman–Crippen MR) is 59.2 cm³/mol. The number of rotatable bonds is 3. The van der Waals surface area contributed by atoms with Gasteiger partial charge in [0.05, 0.1) is 0 Å². The van der Waals surface area contributed by atoms with Gasteiger partial charge in [0.1, 0.15) is 0 Å². The fraction of sp³-hybridized carbons (Fsp3) is 0.182. The summed E-state index contributed by atoms with van der Waals surface area (Å²) < 4.78 is 0. The third kappa shape index (κ3) is 4.17. The molecule has 80 valence electrons. The summed E-state index contributed by atoms with van der Waals surface area (Å²) in [6.45, 7) is 7.17. The third-order valence-electron chi connectivity index (χ3n) is 1.58. The van der Waals surface area contributed by atoms with E-state index < -0.39 is 6.09 Å². The zero-order valence-corrected chi connectivity index (χ0v) is 8.83. The molecule has 0 aliphatic rings. The Labute approximate surface area is 88.9 Å². The van der Waals surface area contributed by atoms with Gasteiger partial charge in [0.2, 0.25) is 0 Å². The Morgan fingerprint density at radius 3 is 2.80 bits per heavy atom. The molecule has 0 aliphatic heterocycles. The highest BCUT2D eigenvalue weighted by atomic mass is 16.7. The van der Waals surface area contributed by atoms with Crippen LogP contribution in [0.1, 0.15) is 12.5 Å². The maximum absolute atomic E-state index is 11.2. The topological polar surface area (TPSA) is 50.4 Å². The van der Waals surface area contributed by atoms with Gasteiger partial charge in [0.25, 0.3) is 0 Å². The molecule has 0 radical (unpaired) electrons. The molecule has 0 bridgehead atoms. The zero-order valence-electron chi connectivity index (χ0n) is 8.83. The van der Waals surface area contributed by atoms with E-state index in [1.807, 2.05) is 25.1 Å². The predicted octanol–water partition coefficient (Wildman–Crippen LogP) is 2.58. The molecule has 1 rings (SSSR count). The number of hydroxylamine groups is 1. The van der Waals surface area contributed by atoms with Gasteiger partial charge in [-0.1, -0.05) is 18.7 Å². The second kappa shape index (κ2) is 5.05. The molecule has 0 saturated heterocycles. The molecule has 0 atom stereocenters. The van der Waals surface area contributed by atoms with Crippen LogP contribution in [-0.2, 0) is 4.84 Å². The fourth-order valence-electron chi connectivity index (χ4n) is 1.000. The number of amides is 1. The van der Waals surface area contributed by atoms with Crippen LogP contribution in [0.25, 0.3) is 0 Å². The van der Waals surface area contributed by atoms with Gasteiger partial charge in [-0.05, 0) is 31.5 Å². The summed E-state index contributed by atoms with van der Waals surface area (Å²) in [6.07, 6.45) is -0.566. The standard InChI is InChI=1S/C11H14N2O2/c1-8(2)13-15-11(14)12-10-6-4-5-9(3)7-10/h4-7,13H,1H2,2-3H3,(H,12,14). The molecule has 0 fully saturated rings. The first-order chi connectivity index (χ1) is 7.08. The lowest BCUT2D eigenvalue weighted by Crippen LogP contribution is -2.22. The van der Waals surface area contributed by atoms with Crippen molar-refractivity contribution in [3.63, 3.8) is 0 Å². The van der Waals surface area contributed by atoms with E-state index in [1.165, 1.54) is 0 Å². The van der Waals surface area contributed by atoms with Crippen LogP contribution < -0.4 is 10.8 Å². The van der Waals surface area contributed by atoms with E-state index in [2.05, 4.69) is 22.2 Å². The number of anilines is 1. The first-order valence-corrected chi connectivity index (χ1v) is 4.54. The molecular weight excluding hydrogens is 192 g/mol. The van der Waals surface area contributed by atoms with Crippen molar-refractivity contribution in [3.8, 4) is 0 Å². The van der Waals surface area contributed by atoms with Crippen molar-refractivity contribution in [2.45, 2.75) is 13.8 Å². The quantitative estimate of drug-likeness (QED) is 0.747. The van der Waals surface area contributed by atoms with Crippen LogP contribution >= 0.6 is 0 Å². The Hall–Kier alpha value is -1.97. The number of benzene rings is 1. The number of allylic oxidation sites excluding steroid dienone is 1. The van der Waals surface area contributed by atoms with Crippen LogP contribution in [0.3, 0.4) is 0 Å². The van der Waals surface area contributed by atoms with Crippen molar-refractivity contribution >= 4 is 11.8 Å². The van der Waals surface area contributed by atoms with Crippen LogP contribution in [-0.4, -0.2) is 6.09 Å². The first kappa shape index (κ1) is 11.1. The Kier molecular flexibility index (Phi) is 3.74. The lowest BCUT2D eigenvalue weighted by Gasteiger charge is -2.07. The first-order valence-electron chi connectivity index (χ1n) is 4.54. The van der Waals surface area contributed by atoms with Crippen LogP contribution in [0.15, 0.2) is 36.5 Å². The van der Waals surface area contributed by atoms with E-state index in [0.29, 0.717) is 11.4 Å². The van der Waals surface area contributed by atoms with E-state index in [0.717, 1.165) is 5.56 Å². The monoisotopic (exact) mass is 206 g/mol. The maximum atomic E-state index is 11.2. The van der Waals surface area contributed by atoms with Gasteiger partial charge in [-0.15, -0.1) is 0 Å². The Bertz CT molecular complexity index is 375. The highest BCUT2D eigenvalue weighted by Crippen LogP contribution is 2.09. The van der Waals surface area contributed by atoms with E-state index >= 15 is 0 Å². The summed E-state index contributed by atoms with van der Waals surface area (Å²) in [4.78, 5) is 15.8. The van der Waals surface area contributed by atoms with Crippen molar-refractivity contribution in [1.82, 2.24) is 5.48 Å². The van der Waals surface area contributed by atoms with E-state index in [4.69, 9.17) is 0 Å². The third-order valence-corrected chi connectivity index (χ3v) is 1.58. The molecule has 1 aromatic rings. The summed E-state index contributed by atoms with van der Waals surface area (Å²) in [5, 5.41) is 2.57. The minimum atomic E-state index is -0.566. The Morgan fingerprint density at radius 1 is 1.47 bits per heavy atom. The molecule has 2 N–H and O–H groups in total. The number of aryl methyl sites for hydroxylation is 1. The van der Waals surface area contributed by atoms with E-state index in [9.17, 15) is 4.79 Å². The zero-order chi connectivity index (χ0) is 11.3. The molecule has 0 aliphatic carbocycles. The van der Waals surface area contributed by atoms with Crippen molar-refractivity contribution in [2.24, 2.45) is 0 Å². The summed E-state index contributed by atoms with van der Waals surface area (Å²) in [7, 11) is 0. The Morgan fingerprint density at radius 2 is 2.20 bits per heavy atom. The highest BCUT2D eigenvalue weighted by Gasteiger charge is 2.02. The van der Waals surface area contributed by atoms with Gasteiger partial charge in [0.15, 0.2) is 0 Å². The van der Waals surface area contributed by atoms with Gasteiger partial charge in [-0.3, -0.25) is 5.32 Å². The van der Waals surface area contributed by atoms with Crippen LogP contribution in [0, 0.1) is 6.92 Å². The lowest BCUT2D eigenvalue weighted by atomic mass is 10.2. The van der Waals surface area contributed by atoms with Gasteiger partial charge in [-0.25, -0.2) is 10.3 Å². The summed E-state index contributed by atoms with van der Waals surface area (Å²) in [5.41, 5.74) is 4.71. The van der Waals surface area contributed by atoms with Crippen LogP contribution in [0.4, 0.5) is 10.5 Å². The molecule has 4 heteroatoms. The molecule has 0 unspecified atom stereocenters. The smallest absolute Gasteiger partial charge is 0.324 e. The minimum absolute atomic E-state index is 0.564. The molecule has 1 amide bonds. The summed E-state index contributed by atoms with van der Waals surface area (Å²) in [5.74, 6) is 0. The molecule has 0 saturated carbocycles. The molecule has 1 aromatic carbocycles. The summed E-state index contributed by atoms with van der Waals surface area (Å²) >= 11 is 0. The van der Waals surface area contributed by atoms with Crippen molar-refractivity contribution in [1.29, 1.82) is 0 Å². The van der Waals surface area contributed by atoms with Crippen molar-refractivity contribution < 1.29 is 9.63 Å². The minimum Gasteiger partial charge on any atom is -0.324 e. The largest absolute Gasteiger partial charge is 0.435 e. The summed E-state index contributed by atoms with van der Waals surface area (Å²) in [6, 6.07) is 7.44. The number of hydrogen-bond donors (Lipinski definition) is 2. The van der Waals surface area contributed by atoms with Gasteiger partial charge >= 0.3 is 6.09 Å². The van der Waals surface area contributed by atoms with Gasteiger partial charge in [-0.2, -0.15) is 0 Å². The molecule has 15 heavy (non-hydrogen) atoms. The number of carbonyl (C=O) groups excluding carboxylic acids is 1. The average Bonchev–Trinajstić information content (AvgIpc) is 2.15. The SMILES string of the molecule is C=C(C)NOC(=O)Nc1cccc(C)c1.